The van der Waals surface area contributed by atoms with Crippen LogP contribution < -0.4 is 0 Å². The first-order valence-corrected chi connectivity index (χ1v) is 20.4. The van der Waals surface area contributed by atoms with Gasteiger partial charge in [0.15, 0.2) is 0 Å². The van der Waals surface area contributed by atoms with Gasteiger partial charge in [-0.3, -0.25) is 6.08 Å². The van der Waals surface area contributed by atoms with Crippen molar-refractivity contribution in [2.24, 2.45) is 11.3 Å². The Labute approximate surface area is 367 Å². The van der Waals surface area contributed by atoms with Gasteiger partial charge in [0.1, 0.15) is 0 Å². The molecule has 8 rings (SSSR count). The van der Waals surface area contributed by atoms with E-state index in [1.165, 1.54) is 87.2 Å². The molecule has 6 aromatic carbocycles. The minimum atomic E-state index is 0. The van der Waals surface area contributed by atoms with Crippen LogP contribution in [0.2, 0.25) is 10.0 Å². The fraction of sp³-hybridized carbons (Fsp3) is 0.180. The monoisotopic (exact) mass is 878 g/mol. The molecule has 0 saturated heterocycles. The van der Waals surface area contributed by atoms with Gasteiger partial charge in [-0.05, 0) is 23.1 Å². The van der Waals surface area contributed by atoms with Crippen LogP contribution in [0.1, 0.15) is 51.7 Å². The summed E-state index contributed by atoms with van der Waals surface area (Å²) in [5.41, 5.74) is 12.1. The molecule has 0 nitrogen and oxygen atoms in total. The molecule has 0 spiro atoms. The molecule has 55 heavy (non-hydrogen) atoms. The number of hydrogen-bond acceptors (Lipinski definition) is 0. The minimum Gasteiger partial charge on any atom is -0.143 e. The second-order valence-corrected chi connectivity index (χ2v) is 14.4. The Morgan fingerprint density at radius 3 is 1.73 bits per heavy atom. The van der Waals surface area contributed by atoms with Crippen molar-refractivity contribution in [1.82, 2.24) is 0 Å². The molecule has 0 radical (unpaired) electrons. The van der Waals surface area contributed by atoms with Crippen molar-refractivity contribution in [3.63, 3.8) is 0 Å². The van der Waals surface area contributed by atoms with Gasteiger partial charge in [0.05, 0.1) is 0 Å². The zero-order valence-electron chi connectivity index (χ0n) is 31.9. The fourth-order valence-electron chi connectivity index (χ4n) is 5.92. The van der Waals surface area contributed by atoms with E-state index in [2.05, 4.69) is 159 Å². The number of allylic oxidation sites excluding steroid dienone is 4. The summed E-state index contributed by atoms with van der Waals surface area (Å²) in [6.45, 7) is 8.99. The summed E-state index contributed by atoms with van der Waals surface area (Å²) >= 11 is 12.3. The van der Waals surface area contributed by atoms with E-state index in [9.17, 15) is 0 Å². The summed E-state index contributed by atoms with van der Waals surface area (Å²) in [5.74, 6) is 0.587. The molecule has 0 amide bonds. The molecular weight excluding hydrogens is 834 g/mol. The summed E-state index contributed by atoms with van der Waals surface area (Å²) < 4.78 is 3.34. The predicted octanol–water partition coefficient (Wildman–Crippen LogP) is 15.2. The quantitative estimate of drug-likeness (QED) is 0.155. The molecule has 6 aromatic rings. The molecule has 2 aliphatic rings. The van der Waals surface area contributed by atoms with Crippen LogP contribution in [0.3, 0.4) is 0 Å². The maximum absolute atomic E-state index is 5.51. The first-order chi connectivity index (χ1) is 25.7. The molecule has 0 fully saturated rings. The first kappa shape index (κ1) is 47.9. The number of halogens is 4. The standard InChI is InChI=1S/C25H17.C12H19.2C6H4Cl.CH2.2ClH.Zr/c1-3-7-18(8-4-1)20-11-13-24-22(15-20)17-23-16-21(12-14-25(23)24)19-9-5-2-6-10-19;1-5-6-10-7-8-11(9-10)12(2,3)4;2*7-6-4-2-1-3-5-6;;;;/h1-15H,17H2;8-10H,5-6H2,1-4H3;2*1-2,4-5H;1H2;2*1H;/q4*-1;;;;. The van der Waals surface area contributed by atoms with E-state index in [4.69, 9.17) is 23.2 Å². The molecule has 5 heteroatoms. The van der Waals surface area contributed by atoms with E-state index in [1.807, 2.05) is 36.4 Å². The van der Waals surface area contributed by atoms with Crippen molar-refractivity contribution in [1.29, 1.82) is 0 Å². The second-order valence-electron chi connectivity index (χ2n) is 13.6. The molecule has 0 bridgehead atoms. The average Bonchev–Trinajstić information content (AvgIpc) is 3.82. The summed E-state index contributed by atoms with van der Waals surface area (Å²) in [4.78, 5) is 0. The van der Waals surface area contributed by atoms with Crippen molar-refractivity contribution in [2.45, 2.75) is 47.0 Å². The van der Waals surface area contributed by atoms with Crippen molar-refractivity contribution in [3.8, 4) is 33.4 Å². The van der Waals surface area contributed by atoms with Gasteiger partial charge in [-0.15, -0.1) is 54.1 Å². The van der Waals surface area contributed by atoms with Gasteiger partial charge in [-0.2, -0.15) is 95.5 Å². The maximum Gasteiger partial charge on any atom is -0.0181 e. The molecule has 1 atom stereocenters. The van der Waals surface area contributed by atoms with Gasteiger partial charge in [0, 0.05) is 0 Å². The van der Waals surface area contributed by atoms with Crippen molar-refractivity contribution >= 4 is 52.2 Å². The normalized spacial score (nSPS) is 12.7. The number of fused-ring (bicyclic) bond motifs is 3. The van der Waals surface area contributed by atoms with Crippen LogP contribution in [-0.2, 0) is 30.7 Å². The molecule has 0 aliphatic heterocycles. The molecule has 0 heterocycles. The van der Waals surface area contributed by atoms with Gasteiger partial charge in [0.2, 0.25) is 0 Å². The van der Waals surface area contributed by atoms with E-state index in [1.54, 1.807) is 12.1 Å². The molecule has 0 N–H and O–H groups in total. The van der Waals surface area contributed by atoms with Gasteiger partial charge >= 0.3 is 28.4 Å². The number of rotatable bonds is 4. The Hall–Kier alpha value is -3.29. The van der Waals surface area contributed by atoms with E-state index in [0.717, 1.165) is 16.5 Å². The van der Waals surface area contributed by atoms with Crippen LogP contribution in [0.15, 0.2) is 157 Å². The molecule has 1 unspecified atom stereocenters. The Balaban J connectivity index is 0.000000291. The molecular formula is C50H48Cl4Zr-4. The average molecular weight is 882 g/mol. The molecule has 0 saturated carbocycles. The van der Waals surface area contributed by atoms with Crippen LogP contribution in [0.25, 0.3) is 33.4 Å². The summed E-state index contributed by atoms with van der Waals surface area (Å²) in [6, 6.07) is 56.1. The van der Waals surface area contributed by atoms with E-state index < -0.39 is 0 Å². The third-order valence-electron chi connectivity index (χ3n) is 8.62. The van der Waals surface area contributed by atoms with Gasteiger partial charge in [-0.1, -0.05) is 157 Å². The van der Waals surface area contributed by atoms with Crippen LogP contribution in [0.4, 0.5) is 0 Å². The fourth-order valence-corrected chi connectivity index (χ4v) is 6.19. The van der Waals surface area contributed by atoms with Crippen LogP contribution in [0, 0.1) is 35.6 Å². The molecule has 284 valence electrons. The van der Waals surface area contributed by atoms with Gasteiger partial charge < -0.3 is 0 Å². The van der Waals surface area contributed by atoms with Gasteiger partial charge in [-0.25, -0.2) is 6.08 Å². The Morgan fingerprint density at radius 2 is 1.25 bits per heavy atom. The summed E-state index contributed by atoms with van der Waals surface area (Å²) in [6.07, 6.45) is 11.4. The summed E-state index contributed by atoms with van der Waals surface area (Å²) in [7, 11) is 0. The van der Waals surface area contributed by atoms with Gasteiger partial charge in [0.25, 0.3) is 0 Å². The SMILES string of the molecule is CCCC1[C-]=CC(C(C)(C)C)=C1.Cl.Cl.Clc1c[c-]ccc1.Clc1c[c-]ccc1.[CH2]=[Zr].[c-]1c(-c2ccccc2)ccc2c1Cc1cc(-c3ccccc3)ccc1-2. The Bertz CT molecular complexity index is 1910. The second kappa shape index (κ2) is 25.1. The zero-order chi connectivity index (χ0) is 38.1. The van der Waals surface area contributed by atoms with Crippen LogP contribution in [0.5, 0.6) is 0 Å². The van der Waals surface area contributed by atoms with E-state index in [-0.39, 0.29) is 24.8 Å². The van der Waals surface area contributed by atoms with E-state index in [0.29, 0.717) is 11.3 Å². The van der Waals surface area contributed by atoms with Crippen molar-refractivity contribution in [2.75, 3.05) is 0 Å². The van der Waals surface area contributed by atoms with Crippen LogP contribution in [-0.4, -0.2) is 4.21 Å². The minimum absolute atomic E-state index is 0. The largest absolute Gasteiger partial charge is 0.143 e. The molecule has 0 aromatic heterocycles. The summed E-state index contributed by atoms with van der Waals surface area (Å²) in [5, 5.41) is 1.48. The third-order valence-corrected chi connectivity index (χ3v) is 9.09. The number of benzene rings is 6. The van der Waals surface area contributed by atoms with Crippen LogP contribution >= 0.6 is 48.0 Å². The van der Waals surface area contributed by atoms with Crippen molar-refractivity contribution in [3.05, 3.63) is 203 Å². The smallest absolute Gasteiger partial charge is 0.0181 e. The maximum atomic E-state index is 5.51. The topological polar surface area (TPSA) is 0 Å². The predicted molar refractivity (Wildman–Crippen MR) is 240 cm³/mol. The Kier molecular flexibility index (Phi) is 21.8. The van der Waals surface area contributed by atoms with Crippen molar-refractivity contribution < 1.29 is 24.2 Å². The zero-order valence-corrected chi connectivity index (χ0v) is 37.5. The van der Waals surface area contributed by atoms with E-state index >= 15 is 0 Å². The number of hydrogen-bond donors (Lipinski definition) is 0. The third kappa shape index (κ3) is 15.3. The molecule has 2 aliphatic carbocycles. The first-order valence-electron chi connectivity index (χ1n) is 17.9. The Morgan fingerprint density at radius 1 is 0.691 bits per heavy atom.